The topological polar surface area (TPSA) is 67.6 Å². The summed E-state index contributed by atoms with van der Waals surface area (Å²) in [6.45, 7) is 0.510. The van der Waals surface area contributed by atoms with Gasteiger partial charge in [-0.05, 0) is 36.7 Å². The zero-order valence-corrected chi connectivity index (χ0v) is 9.30. The summed E-state index contributed by atoms with van der Waals surface area (Å²) in [4.78, 5) is 4.76. The average Bonchev–Trinajstić information content (AvgIpc) is 2.70. The Morgan fingerprint density at radius 2 is 2.25 bits per heavy atom. The van der Waals surface area contributed by atoms with Crippen LogP contribution in [0.1, 0.15) is 5.56 Å². The van der Waals surface area contributed by atoms with Crippen molar-refractivity contribution >= 4 is 11.8 Å². The Bertz CT molecular complexity index is 458. The Labute approximate surface area is 96.5 Å². The third kappa shape index (κ3) is 2.80. The minimum atomic E-state index is -0.257. The molecule has 4 nitrogen and oxygen atoms in total. The smallest absolute Gasteiger partial charge is 0.188 e. The van der Waals surface area contributed by atoms with Crippen molar-refractivity contribution in [3.63, 3.8) is 0 Å². The summed E-state index contributed by atoms with van der Waals surface area (Å²) in [7, 11) is 0. The summed E-state index contributed by atoms with van der Waals surface area (Å²) >= 11 is 1.34. The molecule has 1 aromatic heterocycles. The molecule has 0 spiro atoms. The Hall–Kier alpha value is -1.40. The average molecular weight is 238 g/mol. The lowest BCUT2D eigenvalue weighted by Crippen LogP contribution is -2.03. The predicted octanol–water partition coefficient (Wildman–Crippen LogP) is 1.60. The van der Waals surface area contributed by atoms with Crippen LogP contribution in [0.4, 0.5) is 4.39 Å². The van der Waals surface area contributed by atoms with Gasteiger partial charge >= 0.3 is 0 Å². The molecule has 0 aliphatic rings. The van der Waals surface area contributed by atoms with Gasteiger partial charge in [-0.25, -0.2) is 9.37 Å². The van der Waals surface area contributed by atoms with Crippen LogP contribution >= 0.6 is 11.8 Å². The number of aromatic nitrogens is 3. The van der Waals surface area contributed by atoms with Crippen molar-refractivity contribution in [3.8, 4) is 0 Å². The molecule has 2 aromatic rings. The number of H-pyrrole nitrogens is 1. The Morgan fingerprint density at radius 1 is 1.38 bits per heavy atom. The second-order valence-corrected chi connectivity index (χ2v) is 4.29. The first-order valence-electron chi connectivity index (χ1n) is 4.80. The van der Waals surface area contributed by atoms with Crippen molar-refractivity contribution in [2.24, 2.45) is 5.73 Å². The van der Waals surface area contributed by atoms with Crippen LogP contribution in [-0.2, 0) is 6.42 Å². The maximum absolute atomic E-state index is 13.3. The molecule has 0 saturated carbocycles. The second kappa shape index (κ2) is 5.09. The molecule has 0 aliphatic carbocycles. The van der Waals surface area contributed by atoms with Gasteiger partial charge in [0.1, 0.15) is 12.1 Å². The molecule has 16 heavy (non-hydrogen) atoms. The highest BCUT2D eigenvalue weighted by Gasteiger charge is 2.04. The number of nitrogens with one attached hydrogen (secondary N) is 1. The fraction of sp³-hybridized carbons (Fsp3) is 0.200. The second-order valence-electron chi connectivity index (χ2n) is 3.23. The summed E-state index contributed by atoms with van der Waals surface area (Å²) in [6.07, 6.45) is 2.09. The van der Waals surface area contributed by atoms with E-state index in [2.05, 4.69) is 15.2 Å². The van der Waals surface area contributed by atoms with E-state index in [-0.39, 0.29) is 5.82 Å². The molecule has 1 heterocycles. The van der Waals surface area contributed by atoms with Gasteiger partial charge in [0.15, 0.2) is 5.16 Å². The number of aromatic amines is 1. The van der Waals surface area contributed by atoms with Crippen molar-refractivity contribution in [3.05, 3.63) is 35.9 Å². The number of nitrogens with two attached hydrogens (primary N) is 1. The van der Waals surface area contributed by atoms with E-state index in [1.807, 2.05) is 6.07 Å². The Kier molecular flexibility index (Phi) is 3.53. The molecular formula is C10H11FN4S. The van der Waals surface area contributed by atoms with E-state index in [0.717, 1.165) is 10.5 Å². The van der Waals surface area contributed by atoms with Crippen LogP contribution in [0.15, 0.2) is 34.6 Å². The number of rotatable bonds is 4. The summed E-state index contributed by atoms with van der Waals surface area (Å²) in [5.74, 6) is -0.257. The predicted molar refractivity (Wildman–Crippen MR) is 59.7 cm³/mol. The summed E-state index contributed by atoms with van der Waals surface area (Å²) in [5, 5.41) is 7.08. The van der Waals surface area contributed by atoms with Crippen molar-refractivity contribution in [2.45, 2.75) is 16.5 Å². The van der Waals surface area contributed by atoms with E-state index in [0.29, 0.717) is 18.1 Å². The van der Waals surface area contributed by atoms with Gasteiger partial charge in [0, 0.05) is 4.90 Å². The SMILES string of the molecule is NCCc1cc(F)cc(Sc2ncn[nH]2)c1. The zero-order chi connectivity index (χ0) is 11.4. The highest BCUT2D eigenvalue weighted by atomic mass is 32.2. The van der Waals surface area contributed by atoms with Crippen LogP contribution in [0, 0.1) is 5.82 Å². The van der Waals surface area contributed by atoms with Gasteiger partial charge in [-0.15, -0.1) is 0 Å². The van der Waals surface area contributed by atoms with Crippen molar-refractivity contribution in [2.75, 3.05) is 6.54 Å². The molecule has 0 fully saturated rings. The number of hydrogen-bond acceptors (Lipinski definition) is 4. The number of halogens is 1. The minimum absolute atomic E-state index is 0.257. The van der Waals surface area contributed by atoms with Crippen LogP contribution < -0.4 is 5.73 Å². The molecule has 6 heteroatoms. The van der Waals surface area contributed by atoms with E-state index >= 15 is 0 Å². The third-order valence-corrected chi connectivity index (χ3v) is 2.83. The van der Waals surface area contributed by atoms with Gasteiger partial charge < -0.3 is 5.73 Å². The molecule has 0 radical (unpaired) electrons. The molecule has 0 aliphatic heterocycles. The normalized spacial score (nSPS) is 10.6. The number of hydrogen-bond donors (Lipinski definition) is 2. The lowest BCUT2D eigenvalue weighted by Gasteiger charge is -2.03. The molecule has 0 atom stereocenters. The van der Waals surface area contributed by atoms with E-state index in [1.54, 1.807) is 0 Å². The zero-order valence-electron chi connectivity index (χ0n) is 8.48. The molecule has 0 amide bonds. The Balaban J connectivity index is 2.20. The number of benzene rings is 1. The molecule has 3 N–H and O–H groups in total. The lowest BCUT2D eigenvalue weighted by molar-refractivity contribution is 0.621. The van der Waals surface area contributed by atoms with Gasteiger partial charge in [-0.2, -0.15) is 5.10 Å². The minimum Gasteiger partial charge on any atom is -0.330 e. The summed E-state index contributed by atoms with van der Waals surface area (Å²) in [5.41, 5.74) is 6.33. The first kappa shape index (κ1) is 11.1. The molecule has 0 unspecified atom stereocenters. The lowest BCUT2D eigenvalue weighted by atomic mass is 10.1. The van der Waals surface area contributed by atoms with E-state index in [4.69, 9.17) is 5.73 Å². The molecular weight excluding hydrogens is 227 g/mol. The van der Waals surface area contributed by atoms with Gasteiger partial charge in [-0.3, -0.25) is 5.10 Å². The fourth-order valence-corrected chi connectivity index (χ4v) is 2.15. The van der Waals surface area contributed by atoms with Crippen LogP contribution in [0.25, 0.3) is 0 Å². The van der Waals surface area contributed by atoms with Crippen LogP contribution in [0.2, 0.25) is 0 Å². The maximum atomic E-state index is 13.3. The third-order valence-electron chi connectivity index (χ3n) is 1.97. The van der Waals surface area contributed by atoms with Gasteiger partial charge in [-0.1, -0.05) is 11.8 Å². The van der Waals surface area contributed by atoms with E-state index in [1.165, 1.54) is 30.2 Å². The molecule has 84 valence electrons. The Morgan fingerprint density at radius 3 is 2.94 bits per heavy atom. The van der Waals surface area contributed by atoms with Crippen LogP contribution in [0.5, 0.6) is 0 Å². The summed E-state index contributed by atoms with van der Waals surface area (Å²) in [6, 6.07) is 4.87. The highest BCUT2D eigenvalue weighted by Crippen LogP contribution is 2.25. The first-order valence-corrected chi connectivity index (χ1v) is 5.62. The van der Waals surface area contributed by atoms with Gasteiger partial charge in [0.05, 0.1) is 0 Å². The number of nitrogens with zero attached hydrogens (tertiary/aromatic N) is 2. The summed E-state index contributed by atoms with van der Waals surface area (Å²) < 4.78 is 13.3. The van der Waals surface area contributed by atoms with Crippen LogP contribution in [0.3, 0.4) is 0 Å². The van der Waals surface area contributed by atoms with Gasteiger partial charge in [0.25, 0.3) is 0 Å². The highest BCUT2D eigenvalue weighted by molar-refractivity contribution is 7.99. The van der Waals surface area contributed by atoms with Crippen molar-refractivity contribution in [1.82, 2.24) is 15.2 Å². The maximum Gasteiger partial charge on any atom is 0.188 e. The molecule has 0 bridgehead atoms. The molecule has 1 aromatic carbocycles. The van der Waals surface area contributed by atoms with E-state index in [9.17, 15) is 4.39 Å². The van der Waals surface area contributed by atoms with Gasteiger partial charge in [0.2, 0.25) is 0 Å². The van der Waals surface area contributed by atoms with E-state index < -0.39 is 0 Å². The quantitative estimate of drug-likeness (QED) is 0.849. The van der Waals surface area contributed by atoms with Crippen molar-refractivity contribution in [1.29, 1.82) is 0 Å². The first-order chi connectivity index (χ1) is 7.78. The van der Waals surface area contributed by atoms with Crippen molar-refractivity contribution < 1.29 is 4.39 Å². The molecule has 2 rings (SSSR count). The standard InChI is InChI=1S/C10H11FN4S/c11-8-3-7(1-2-12)4-9(5-8)16-10-13-6-14-15-10/h3-6H,1-2,12H2,(H,13,14,15). The molecule has 0 saturated heterocycles. The largest absolute Gasteiger partial charge is 0.330 e. The monoisotopic (exact) mass is 238 g/mol. The fourth-order valence-electron chi connectivity index (χ4n) is 1.35. The van der Waals surface area contributed by atoms with Crippen LogP contribution in [-0.4, -0.2) is 21.7 Å².